The van der Waals surface area contributed by atoms with Crippen molar-refractivity contribution in [2.75, 3.05) is 36.2 Å². The van der Waals surface area contributed by atoms with Gasteiger partial charge in [0.1, 0.15) is 30.3 Å². The molecule has 10 nitrogen and oxygen atoms in total. The van der Waals surface area contributed by atoms with E-state index in [-0.39, 0.29) is 32.4 Å². The second kappa shape index (κ2) is 7.15. The molecule has 3 atom stereocenters. The van der Waals surface area contributed by atoms with Gasteiger partial charge >= 0.3 is 12.2 Å². The topological polar surface area (TPSA) is 122 Å². The number of fused-ring (bicyclic) bond motifs is 3. The first-order valence-electron chi connectivity index (χ1n) is 9.52. The van der Waals surface area contributed by atoms with E-state index in [9.17, 15) is 14.7 Å². The van der Waals surface area contributed by atoms with Crippen LogP contribution in [0, 0.1) is 0 Å². The molecule has 2 fully saturated rings. The number of cyclic esters (lactones) is 2. The van der Waals surface area contributed by atoms with Gasteiger partial charge in [-0.05, 0) is 29.8 Å². The van der Waals surface area contributed by atoms with E-state index in [0.29, 0.717) is 17.3 Å². The number of amides is 2. The number of aliphatic hydroxyl groups excluding tert-OH is 2. The molecule has 10 heteroatoms. The quantitative estimate of drug-likeness (QED) is 0.766. The van der Waals surface area contributed by atoms with Crippen LogP contribution < -0.4 is 14.5 Å². The number of hydrogen-bond donors (Lipinski definition) is 2. The van der Waals surface area contributed by atoms with Crippen molar-refractivity contribution in [1.82, 2.24) is 4.98 Å². The maximum Gasteiger partial charge on any atom is 0.416 e. The molecule has 1 unspecified atom stereocenters. The summed E-state index contributed by atoms with van der Waals surface area (Å²) in [5.74, 6) is 0.976. The predicted molar refractivity (Wildman–Crippen MR) is 103 cm³/mol. The lowest BCUT2D eigenvalue weighted by Gasteiger charge is -2.31. The number of aromatic nitrogens is 1. The molecule has 30 heavy (non-hydrogen) atoms. The number of hydrogen-bond acceptors (Lipinski definition) is 8. The van der Waals surface area contributed by atoms with Crippen molar-refractivity contribution in [3.8, 4) is 16.9 Å². The molecule has 2 aromatic rings. The van der Waals surface area contributed by atoms with E-state index < -0.39 is 24.4 Å². The van der Waals surface area contributed by atoms with Crippen LogP contribution in [0.4, 0.5) is 21.1 Å². The van der Waals surface area contributed by atoms with E-state index in [1.165, 1.54) is 9.80 Å². The Morgan fingerprint density at radius 1 is 1.03 bits per heavy atom. The van der Waals surface area contributed by atoms with Crippen molar-refractivity contribution in [2.45, 2.75) is 18.2 Å². The van der Waals surface area contributed by atoms with Crippen LogP contribution in [-0.2, 0) is 9.47 Å². The molecule has 0 aliphatic carbocycles. The van der Waals surface area contributed by atoms with Crippen LogP contribution in [0.15, 0.2) is 36.5 Å². The lowest BCUT2D eigenvalue weighted by atomic mass is 10.0. The molecule has 0 spiro atoms. The summed E-state index contributed by atoms with van der Waals surface area (Å²) >= 11 is 0. The highest BCUT2D eigenvalue weighted by Crippen LogP contribution is 2.41. The fourth-order valence-electron chi connectivity index (χ4n) is 3.89. The van der Waals surface area contributed by atoms with Gasteiger partial charge in [0.15, 0.2) is 6.10 Å². The number of ether oxygens (including phenoxy) is 3. The third kappa shape index (κ3) is 2.92. The van der Waals surface area contributed by atoms with Gasteiger partial charge in [0, 0.05) is 11.8 Å². The van der Waals surface area contributed by atoms with Gasteiger partial charge in [-0.2, -0.15) is 0 Å². The zero-order valence-corrected chi connectivity index (χ0v) is 15.8. The molecule has 4 heterocycles. The zero-order valence-electron chi connectivity index (χ0n) is 15.8. The van der Waals surface area contributed by atoms with Crippen LogP contribution >= 0.6 is 0 Å². The summed E-state index contributed by atoms with van der Waals surface area (Å²) < 4.78 is 16.1. The van der Waals surface area contributed by atoms with Gasteiger partial charge in [-0.15, -0.1) is 0 Å². The zero-order chi connectivity index (χ0) is 20.8. The number of benzene rings is 1. The Bertz CT molecular complexity index is 996. The first kappa shape index (κ1) is 18.6. The monoisotopic (exact) mass is 413 g/mol. The molecule has 3 aliphatic heterocycles. The number of carbonyl (C=O) groups excluding carboxylic acids is 2. The molecule has 1 aromatic carbocycles. The molecule has 2 N–H and O–H groups in total. The number of aliphatic hydroxyl groups is 2. The Kier molecular flexibility index (Phi) is 4.44. The molecule has 2 saturated heterocycles. The minimum Gasteiger partial charge on any atom is -0.489 e. The maximum atomic E-state index is 12.2. The van der Waals surface area contributed by atoms with Gasteiger partial charge < -0.3 is 24.4 Å². The van der Waals surface area contributed by atoms with E-state index >= 15 is 0 Å². The average molecular weight is 413 g/mol. The molecule has 0 saturated carbocycles. The van der Waals surface area contributed by atoms with E-state index in [4.69, 9.17) is 19.3 Å². The fraction of sp³-hybridized carbons (Fsp3) is 0.350. The van der Waals surface area contributed by atoms with Crippen molar-refractivity contribution >= 4 is 23.7 Å². The lowest BCUT2D eigenvalue weighted by molar-refractivity contribution is 0.0734. The molecule has 156 valence electrons. The Labute approximate surface area is 171 Å². The summed E-state index contributed by atoms with van der Waals surface area (Å²) in [6.45, 7) is -0.0186. The third-order valence-electron chi connectivity index (χ3n) is 5.45. The molecule has 0 bridgehead atoms. The summed E-state index contributed by atoms with van der Waals surface area (Å²) in [6.07, 6.45) is -0.562. The van der Waals surface area contributed by atoms with Gasteiger partial charge in [-0.25, -0.2) is 14.6 Å². The van der Waals surface area contributed by atoms with Crippen molar-refractivity contribution in [2.24, 2.45) is 0 Å². The van der Waals surface area contributed by atoms with E-state index in [1.54, 1.807) is 18.3 Å². The van der Waals surface area contributed by atoms with Crippen molar-refractivity contribution in [3.05, 3.63) is 36.5 Å². The Morgan fingerprint density at radius 3 is 2.57 bits per heavy atom. The average Bonchev–Trinajstić information content (AvgIpc) is 3.32. The van der Waals surface area contributed by atoms with Gasteiger partial charge in [0.25, 0.3) is 0 Å². The lowest BCUT2D eigenvalue weighted by Crippen LogP contribution is -2.45. The largest absolute Gasteiger partial charge is 0.489 e. The van der Waals surface area contributed by atoms with Crippen LogP contribution in [0.25, 0.3) is 11.1 Å². The molecule has 2 amide bonds. The highest BCUT2D eigenvalue weighted by Gasteiger charge is 2.46. The number of nitrogens with zero attached hydrogens (tertiary/aromatic N) is 3. The molecule has 1 aromatic heterocycles. The van der Waals surface area contributed by atoms with Crippen molar-refractivity contribution < 1.29 is 34.0 Å². The number of carbonyl (C=O) groups is 2. The molecule has 0 radical (unpaired) electrons. The Morgan fingerprint density at radius 2 is 1.87 bits per heavy atom. The van der Waals surface area contributed by atoms with Crippen molar-refractivity contribution in [3.63, 3.8) is 0 Å². The van der Waals surface area contributed by atoms with Gasteiger partial charge in [-0.3, -0.25) is 9.80 Å². The first-order chi connectivity index (χ1) is 14.6. The second-order valence-corrected chi connectivity index (χ2v) is 7.24. The van der Waals surface area contributed by atoms with E-state index in [0.717, 1.165) is 11.1 Å². The van der Waals surface area contributed by atoms with E-state index in [2.05, 4.69) is 4.98 Å². The van der Waals surface area contributed by atoms with Crippen LogP contribution in [-0.4, -0.2) is 72.0 Å². The SMILES string of the molecule is O=C1O[C@H](CO)CN1c1ccc(-c2ccc3c(c2)OCC2[C@@H](CO)OC(=O)N32)cn1. The van der Waals surface area contributed by atoms with Gasteiger partial charge in [0.2, 0.25) is 0 Å². The fourth-order valence-corrected chi connectivity index (χ4v) is 3.89. The molecule has 5 rings (SSSR count). The third-order valence-corrected chi connectivity index (χ3v) is 5.45. The van der Waals surface area contributed by atoms with Crippen LogP contribution in [0.1, 0.15) is 0 Å². The van der Waals surface area contributed by atoms with Crippen molar-refractivity contribution in [1.29, 1.82) is 0 Å². The standard InChI is InChI=1S/C20H19N3O7/c24-8-13-7-22(19(26)29-13)18-4-2-12(6-21-18)11-1-3-14-16(5-11)28-10-15-17(9-25)30-20(27)23(14)15/h1-6,13,15,17,24-25H,7-10H2/t13-,15?,17+/m0/s1. The summed E-state index contributed by atoms with van der Waals surface area (Å²) in [5.41, 5.74) is 2.22. The number of rotatable bonds is 4. The predicted octanol–water partition coefficient (Wildman–Crippen LogP) is 1.14. The summed E-state index contributed by atoms with van der Waals surface area (Å²) in [7, 11) is 0. The molecule has 3 aliphatic rings. The Hall–Kier alpha value is -3.37. The normalized spacial score (nSPS) is 24.8. The van der Waals surface area contributed by atoms with E-state index in [1.807, 2.05) is 18.2 Å². The van der Waals surface area contributed by atoms with Crippen LogP contribution in [0.5, 0.6) is 5.75 Å². The minimum atomic E-state index is -0.607. The maximum absolute atomic E-state index is 12.2. The van der Waals surface area contributed by atoms with Crippen LogP contribution in [0.3, 0.4) is 0 Å². The second-order valence-electron chi connectivity index (χ2n) is 7.24. The minimum absolute atomic E-state index is 0.230. The van der Waals surface area contributed by atoms with Gasteiger partial charge in [-0.1, -0.05) is 6.07 Å². The Balaban J connectivity index is 1.39. The van der Waals surface area contributed by atoms with Gasteiger partial charge in [0.05, 0.1) is 25.4 Å². The molecular weight excluding hydrogens is 394 g/mol. The summed E-state index contributed by atoms with van der Waals surface area (Å²) in [6, 6.07) is 8.60. The number of pyridine rings is 1. The highest BCUT2D eigenvalue weighted by molar-refractivity contribution is 5.94. The molecular formula is C20H19N3O7. The summed E-state index contributed by atoms with van der Waals surface area (Å²) in [5, 5.41) is 18.6. The summed E-state index contributed by atoms with van der Waals surface area (Å²) in [4.78, 5) is 31.3. The smallest absolute Gasteiger partial charge is 0.416 e. The highest BCUT2D eigenvalue weighted by atomic mass is 16.6. The van der Waals surface area contributed by atoms with Crippen LogP contribution in [0.2, 0.25) is 0 Å². The first-order valence-corrected chi connectivity index (χ1v) is 9.52. The number of anilines is 2.